The van der Waals surface area contributed by atoms with E-state index >= 15 is 0 Å². The number of nitrogens with zero attached hydrogens (tertiary/aromatic N) is 3. The molecule has 2 rings (SSSR count). The molecular formula is C14H16N4O4. The minimum absolute atomic E-state index is 0.0934. The first-order valence-electron chi connectivity index (χ1n) is 6.79. The average molecular weight is 304 g/mol. The number of carboxylic acid groups (broad SMARTS) is 1. The van der Waals surface area contributed by atoms with Crippen molar-refractivity contribution < 1.29 is 14.8 Å². The molecule has 0 bridgehead atoms. The number of nitrogen functional groups attached to an aromatic ring is 1. The van der Waals surface area contributed by atoms with Crippen molar-refractivity contribution in [3.63, 3.8) is 0 Å². The number of carboxylic acids is 1. The quantitative estimate of drug-likeness (QED) is 0.492. The van der Waals surface area contributed by atoms with E-state index in [1.807, 2.05) is 11.8 Å². The molecule has 1 aromatic carbocycles. The maximum atomic E-state index is 11.2. The Balaban J connectivity index is 2.40. The van der Waals surface area contributed by atoms with Crippen LogP contribution in [0.1, 0.15) is 18.9 Å². The zero-order valence-electron chi connectivity index (χ0n) is 12.0. The summed E-state index contributed by atoms with van der Waals surface area (Å²) in [6.07, 6.45) is 0.583. The maximum absolute atomic E-state index is 11.2. The van der Waals surface area contributed by atoms with Crippen LogP contribution in [0.15, 0.2) is 12.1 Å². The third kappa shape index (κ3) is 2.93. The zero-order valence-corrected chi connectivity index (χ0v) is 12.0. The highest BCUT2D eigenvalue weighted by atomic mass is 16.6. The summed E-state index contributed by atoms with van der Waals surface area (Å²) in [5, 5.41) is 29.2. The van der Waals surface area contributed by atoms with Crippen LogP contribution in [0.3, 0.4) is 0 Å². The van der Waals surface area contributed by atoms with Crippen molar-refractivity contribution in [2.75, 3.05) is 23.7 Å². The van der Waals surface area contributed by atoms with Gasteiger partial charge in [0.05, 0.1) is 10.8 Å². The molecule has 8 heteroatoms. The van der Waals surface area contributed by atoms with E-state index in [0.29, 0.717) is 25.2 Å². The van der Waals surface area contributed by atoms with Gasteiger partial charge in [-0.15, -0.1) is 0 Å². The average Bonchev–Trinajstić information content (AvgIpc) is 2.45. The Hall–Kier alpha value is -2.82. The van der Waals surface area contributed by atoms with Crippen molar-refractivity contribution in [1.82, 2.24) is 0 Å². The SMILES string of the molecule is CC1CC(C(=O)O)CN(c2cc(N)c([N+](=O)[O-])c(C#N)c2)C1. The van der Waals surface area contributed by atoms with E-state index in [0.717, 1.165) is 0 Å². The second-order valence-electron chi connectivity index (χ2n) is 5.58. The van der Waals surface area contributed by atoms with Crippen LogP contribution in [0.4, 0.5) is 17.1 Å². The first kappa shape index (κ1) is 15.6. The van der Waals surface area contributed by atoms with Gasteiger partial charge in [-0.25, -0.2) is 0 Å². The summed E-state index contributed by atoms with van der Waals surface area (Å²) < 4.78 is 0. The van der Waals surface area contributed by atoms with Gasteiger partial charge in [0.25, 0.3) is 0 Å². The topological polar surface area (TPSA) is 133 Å². The van der Waals surface area contributed by atoms with E-state index in [9.17, 15) is 20.0 Å². The highest BCUT2D eigenvalue weighted by molar-refractivity contribution is 5.75. The summed E-state index contributed by atoms with van der Waals surface area (Å²) >= 11 is 0. The number of carbonyl (C=O) groups is 1. The highest BCUT2D eigenvalue weighted by Crippen LogP contribution is 2.34. The lowest BCUT2D eigenvalue weighted by Crippen LogP contribution is -2.42. The van der Waals surface area contributed by atoms with Gasteiger partial charge in [0.15, 0.2) is 0 Å². The van der Waals surface area contributed by atoms with Crippen molar-refractivity contribution in [3.05, 3.63) is 27.8 Å². The molecule has 22 heavy (non-hydrogen) atoms. The third-order valence-electron chi connectivity index (χ3n) is 3.80. The molecule has 116 valence electrons. The fourth-order valence-corrected chi connectivity index (χ4v) is 2.85. The van der Waals surface area contributed by atoms with E-state index in [2.05, 4.69) is 0 Å². The van der Waals surface area contributed by atoms with Crippen LogP contribution in [0.25, 0.3) is 0 Å². The van der Waals surface area contributed by atoms with Crippen molar-refractivity contribution in [3.8, 4) is 6.07 Å². The van der Waals surface area contributed by atoms with Gasteiger partial charge < -0.3 is 15.7 Å². The molecule has 1 heterocycles. The summed E-state index contributed by atoms with van der Waals surface area (Å²) in [4.78, 5) is 23.3. The van der Waals surface area contributed by atoms with Crippen LogP contribution in [0.2, 0.25) is 0 Å². The van der Waals surface area contributed by atoms with Crippen LogP contribution >= 0.6 is 0 Å². The lowest BCUT2D eigenvalue weighted by Gasteiger charge is -2.36. The number of hydrogen-bond donors (Lipinski definition) is 2. The largest absolute Gasteiger partial charge is 0.481 e. The Kier molecular flexibility index (Phi) is 4.17. The smallest absolute Gasteiger partial charge is 0.309 e. The monoisotopic (exact) mass is 304 g/mol. The lowest BCUT2D eigenvalue weighted by molar-refractivity contribution is -0.384. The van der Waals surface area contributed by atoms with E-state index in [1.165, 1.54) is 12.1 Å². The Morgan fingerprint density at radius 3 is 2.77 bits per heavy atom. The summed E-state index contributed by atoms with van der Waals surface area (Å²) in [6, 6.07) is 4.60. The van der Waals surface area contributed by atoms with Crippen molar-refractivity contribution >= 4 is 23.0 Å². The van der Waals surface area contributed by atoms with Gasteiger partial charge in [0, 0.05) is 18.8 Å². The Morgan fingerprint density at radius 1 is 1.55 bits per heavy atom. The molecule has 1 aromatic rings. The van der Waals surface area contributed by atoms with E-state index < -0.39 is 22.5 Å². The second-order valence-corrected chi connectivity index (χ2v) is 5.58. The predicted octanol–water partition coefficient (Wildman–Crippen LogP) is 1.60. The Morgan fingerprint density at radius 2 is 2.23 bits per heavy atom. The van der Waals surface area contributed by atoms with Gasteiger partial charge in [-0.05, 0) is 24.5 Å². The van der Waals surface area contributed by atoms with Crippen LogP contribution in [-0.4, -0.2) is 29.1 Å². The van der Waals surface area contributed by atoms with Crippen LogP contribution < -0.4 is 10.6 Å². The van der Waals surface area contributed by atoms with Gasteiger partial charge in [-0.1, -0.05) is 6.92 Å². The standard InChI is InChI=1S/C14H16N4O4/c1-8-2-10(14(19)20)7-17(6-8)11-3-9(5-15)13(18(21)22)12(16)4-11/h3-4,8,10H,2,6-7,16H2,1H3,(H,19,20). The molecule has 0 radical (unpaired) electrons. The second kappa shape index (κ2) is 5.89. The minimum Gasteiger partial charge on any atom is -0.481 e. The number of hydrogen-bond acceptors (Lipinski definition) is 6. The number of nitrogens with two attached hydrogens (primary N) is 1. The first-order valence-corrected chi connectivity index (χ1v) is 6.79. The fourth-order valence-electron chi connectivity index (χ4n) is 2.85. The number of aliphatic carboxylic acids is 1. The van der Waals surface area contributed by atoms with Gasteiger partial charge in [0.2, 0.25) is 0 Å². The Bertz CT molecular complexity index is 668. The van der Waals surface area contributed by atoms with Crippen molar-refractivity contribution in [2.45, 2.75) is 13.3 Å². The molecule has 0 amide bonds. The predicted molar refractivity (Wildman–Crippen MR) is 79.3 cm³/mol. The highest BCUT2D eigenvalue weighted by Gasteiger charge is 2.31. The molecular weight excluding hydrogens is 288 g/mol. The zero-order chi connectivity index (χ0) is 16.4. The first-order chi connectivity index (χ1) is 10.3. The van der Waals surface area contributed by atoms with Gasteiger partial charge >= 0.3 is 11.7 Å². The van der Waals surface area contributed by atoms with E-state index in [4.69, 9.17) is 11.0 Å². The third-order valence-corrected chi connectivity index (χ3v) is 3.80. The molecule has 0 saturated carbocycles. The molecule has 1 aliphatic heterocycles. The van der Waals surface area contributed by atoms with Crippen molar-refractivity contribution in [2.24, 2.45) is 11.8 Å². The summed E-state index contributed by atoms with van der Waals surface area (Å²) in [5.74, 6) is -1.21. The summed E-state index contributed by atoms with van der Waals surface area (Å²) in [7, 11) is 0. The van der Waals surface area contributed by atoms with Gasteiger partial charge in [-0.3, -0.25) is 14.9 Å². The molecule has 1 aliphatic rings. The molecule has 0 aliphatic carbocycles. The normalized spacial score (nSPS) is 21.2. The molecule has 2 unspecified atom stereocenters. The number of nitro groups is 1. The maximum Gasteiger partial charge on any atom is 0.309 e. The molecule has 2 atom stereocenters. The van der Waals surface area contributed by atoms with Crippen LogP contribution in [0.5, 0.6) is 0 Å². The number of benzene rings is 1. The van der Waals surface area contributed by atoms with Gasteiger partial charge in [0.1, 0.15) is 17.3 Å². The van der Waals surface area contributed by atoms with Crippen molar-refractivity contribution in [1.29, 1.82) is 5.26 Å². The molecule has 0 spiro atoms. The number of nitriles is 1. The van der Waals surface area contributed by atoms with E-state index in [1.54, 1.807) is 6.07 Å². The van der Waals surface area contributed by atoms with Gasteiger partial charge in [-0.2, -0.15) is 5.26 Å². The molecule has 1 fully saturated rings. The number of rotatable bonds is 3. The number of anilines is 2. The minimum atomic E-state index is -0.869. The Labute approximate surface area is 126 Å². The number of nitro benzene ring substituents is 1. The molecule has 8 nitrogen and oxygen atoms in total. The molecule has 3 N–H and O–H groups in total. The number of piperidine rings is 1. The summed E-state index contributed by atoms with van der Waals surface area (Å²) in [6.45, 7) is 2.86. The van der Waals surface area contributed by atoms with E-state index in [-0.39, 0.29) is 17.2 Å². The van der Waals surface area contributed by atoms with Crippen LogP contribution in [-0.2, 0) is 4.79 Å². The molecule has 0 aromatic heterocycles. The van der Waals surface area contributed by atoms with Crippen LogP contribution in [0, 0.1) is 33.3 Å². The molecule has 1 saturated heterocycles. The lowest BCUT2D eigenvalue weighted by atomic mass is 9.90. The summed E-state index contributed by atoms with van der Waals surface area (Å²) in [5.41, 5.74) is 5.61. The fraction of sp³-hybridized carbons (Fsp3) is 0.429.